The normalized spacial score (nSPS) is 15.3. The maximum Gasteiger partial charge on any atom is 0.220 e. The second-order valence-electron chi connectivity index (χ2n) is 5.76. The van der Waals surface area contributed by atoms with Crippen LogP contribution in [0.25, 0.3) is 0 Å². The third-order valence-corrected chi connectivity index (χ3v) is 3.95. The van der Waals surface area contributed by atoms with E-state index in [4.69, 9.17) is 5.73 Å². The number of nitrogens with two attached hydrogens (primary N) is 1. The molecule has 1 aliphatic rings. The first-order valence-electron chi connectivity index (χ1n) is 7.74. The van der Waals surface area contributed by atoms with Crippen LogP contribution in [-0.2, 0) is 11.3 Å². The minimum absolute atomic E-state index is 0. The molecule has 1 saturated heterocycles. The summed E-state index contributed by atoms with van der Waals surface area (Å²) < 4.78 is 26.1. The van der Waals surface area contributed by atoms with Gasteiger partial charge in [0.25, 0.3) is 0 Å². The Labute approximate surface area is 154 Å². The van der Waals surface area contributed by atoms with E-state index in [9.17, 15) is 13.6 Å². The van der Waals surface area contributed by atoms with Crippen LogP contribution in [0.1, 0.15) is 31.2 Å². The molecule has 0 unspecified atom stereocenters. The number of halogens is 4. The lowest BCUT2D eigenvalue weighted by molar-refractivity contribution is -0.122. The summed E-state index contributed by atoms with van der Waals surface area (Å²) in [5.74, 6) is -1.56. The summed E-state index contributed by atoms with van der Waals surface area (Å²) in [6.45, 7) is 2.80. The van der Waals surface area contributed by atoms with Crippen LogP contribution in [0.5, 0.6) is 0 Å². The van der Waals surface area contributed by atoms with Gasteiger partial charge in [0.15, 0.2) is 11.6 Å². The molecule has 1 aromatic rings. The highest BCUT2D eigenvalue weighted by Crippen LogP contribution is 2.16. The van der Waals surface area contributed by atoms with Crippen LogP contribution >= 0.6 is 24.8 Å². The van der Waals surface area contributed by atoms with Gasteiger partial charge in [-0.2, -0.15) is 0 Å². The fraction of sp³-hybridized carbons (Fsp3) is 0.562. The minimum Gasteiger partial charge on any atom is -0.353 e. The van der Waals surface area contributed by atoms with Gasteiger partial charge in [-0.15, -0.1) is 24.8 Å². The van der Waals surface area contributed by atoms with Gasteiger partial charge >= 0.3 is 0 Å². The first-order valence-corrected chi connectivity index (χ1v) is 7.74. The summed E-state index contributed by atoms with van der Waals surface area (Å²) in [7, 11) is 0. The lowest BCUT2D eigenvalue weighted by atomic mass is 10.0. The van der Waals surface area contributed by atoms with Crippen LogP contribution in [0.2, 0.25) is 0 Å². The van der Waals surface area contributed by atoms with Crippen LogP contribution in [0.4, 0.5) is 8.78 Å². The number of hydrogen-bond acceptors (Lipinski definition) is 3. The first kappa shape index (κ1) is 23.1. The summed E-state index contributed by atoms with van der Waals surface area (Å²) in [5.41, 5.74) is 6.15. The second-order valence-corrected chi connectivity index (χ2v) is 5.76. The first-order chi connectivity index (χ1) is 10.6. The van der Waals surface area contributed by atoms with E-state index in [1.807, 2.05) is 0 Å². The van der Waals surface area contributed by atoms with Gasteiger partial charge in [-0.25, -0.2) is 8.78 Å². The highest BCUT2D eigenvalue weighted by molar-refractivity contribution is 5.85. The van der Waals surface area contributed by atoms with Crippen molar-refractivity contribution < 1.29 is 13.6 Å². The maximum atomic E-state index is 13.2. The Morgan fingerprint density at radius 3 is 2.46 bits per heavy atom. The average molecular weight is 384 g/mol. The summed E-state index contributed by atoms with van der Waals surface area (Å²) in [6.07, 6.45) is 2.93. The number of carbonyl (C=O) groups is 1. The molecule has 4 nitrogen and oxygen atoms in total. The predicted octanol–water partition coefficient (Wildman–Crippen LogP) is 2.63. The number of piperidine rings is 1. The van der Waals surface area contributed by atoms with Crippen LogP contribution < -0.4 is 11.1 Å². The summed E-state index contributed by atoms with van der Waals surface area (Å²) >= 11 is 0. The third kappa shape index (κ3) is 7.30. The number of hydrogen-bond donors (Lipinski definition) is 2. The Balaban J connectivity index is 0.00000264. The zero-order chi connectivity index (χ0) is 15.9. The number of likely N-dealkylation sites (tertiary alicyclic amines) is 1. The van der Waals surface area contributed by atoms with E-state index in [1.54, 1.807) is 6.07 Å². The molecule has 1 heterocycles. The van der Waals surface area contributed by atoms with Gasteiger partial charge in [-0.3, -0.25) is 9.69 Å². The molecule has 0 saturated carbocycles. The van der Waals surface area contributed by atoms with E-state index in [0.29, 0.717) is 25.9 Å². The number of benzene rings is 1. The molecule has 0 aromatic heterocycles. The van der Waals surface area contributed by atoms with E-state index in [2.05, 4.69) is 10.2 Å². The van der Waals surface area contributed by atoms with Crippen molar-refractivity contribution >= 4 is 30.7 Å². The quantitative estimate of drug-likeness (QED) is 0.793. The lowest BCUT2D eigenvalue weighted by Gasteiger charge is -2.32. The van der Waals surface area contributed by atoms with E-state index in [1.165, 1.54) is 6.07 Å². The Bertz CT molecular complexity index is 512. The number of carbonyl (C=O) groups excluding carboxylic acids is 1. The predicted molar refractivity (Wildman–Crippen MR) is 95.6 cm³/mol. The molecule has 24 heavy (non-hydrogen) atoms. The van der Waals surface area contributed by atoms with Crippen molar-refractivity contribution in [2.75, 3.05) is 19.6 Å². The topological polar surface area (TPSA) is 58.4 Å². The van der Waals surface area contributed by atoms with Crippen molar-refractivity contribution in [2.24, 2.45) is 5.73 Å². The minimum atomic E-state index is -0.817. The maximum absolute atomic E-state index is 13.2. The van der Waals surface area contributed by atoms with Gasteiger partial charge in [0.2, 0.25) is 5.91 Å². The molecule has 1 aliphatic heterocycles. The summed E-state index contributed by atoms with van der Waals surface area (Å²) in [5, 5.41) is 3.02. The molecule has 1 aromatic carbocycles. The second kappa shape index (κ2) is 11.6. The molecule has 3 N–H and O–H groups in total. The Morgan fingerprint density at radius 2 is 1.88 bits per heavy atom. The number of nitrogens with one attached hydrogen (secondary N) is 1. The highest BCUT2D eigenvalue weighted by atomic mass is 35.5. The Hall–Kier alpha value is -0.950. The van der Waals surface area contributed by atoms with Gasteiger partial charge in [0, 0.05) is 32.1 Å². The van der Waals surface area contributed by atoms with Crippen LogP contribution in [0.15, 0.2) is 18.2 Å². The standard InChI is InChI=1S/C16H23F2N3O.2ClH/c17-14-4-3-12(10-15(14)18)11-21-8-5-13(6-9-21)20-16(22)2-1-7-19;;/h3-4,10,13H,1-2,5-9,11,19H2,(H,20,22);2*1H. The highest BCUT2D eigenvalue weighted by Gasteiger charge is 2.20. The van der Waals surface area contributed by atoms with Crippen molar-refractivity contribution in [2.45, 2.75) is 38.3 Å². The third-order valence-electron chi connectivity index (χ3n) is 3.95. The monoisotopic (exact) mass is 383 g/mol. The van der Waals surface area contributed by atoms with Crippen LogP contribution in [0.3, 0.4) is 0 Å². The van der Waals surface area contributed by atoms with E-state index in [0.717, 1.165) is 37.6 Å². The fourth-order valence-corrected chi connectivity index (χ4v) is 2.69. The van der Waals surface area contributed by atoms with E-state index in [-0.39, 0.29) is 36.8 Å². The Kier molecular flexibility index (Phi) is 11.1. The van der Waals surface area contributed by atoms with Crippen molar-refractivity contribution in [1.82, 2.24) is 10.2 Å². The Morgan fingerprint density at radius 1 is 1.21 bits per heavy atom. The summed E-state index contributed by atoms with van der Waals surface area (Å²) in [6, 6.07) is 4.22. The van der Waals surface area contributed by atoms with Crippen LogP contribution in [-0.4, -0.2) is 36.5 Å². The average Bonchev–Trinajstić information content (AvgIpc) is 2.51. The lowest BCUT2D eigenvalue weighted by Crippen LogP contribution is -2.44. The van der Waals surface area contributed by atoms with Gasteiger partial charge in [-0.05, 0) is 43.5 Å². The summed E-state index contributed by atoms with van der Waals surface area (Å²) in [4.78, 5) is 13.8. The van der Waals surface area contributed by atoms with Crippen LogP contribution in [0, 0.1) is 11.6 Å². The molecule has 0 spiro atoms. The van der Waals surface area contributed by atoms with Gasteiger partial charge in [0.05, 0.1) is 0 Å². The molecule has 2 rings (SSSR count). The smallest absolute Gasteiger partial charge is 0.220 e. The van der Waals surface area contributed by atoms with Crippen molar-refractivity contribution in [3.05, 3.63) is 35.4 Å². The SMILES string of the molecule is Cl.Cl.NCCCC(=O)NC1CCN(Cc2ccc(F)c(F)c2)CC1. The van der Waals surface area contributed by atoms with Crippen molar-refractivity contribution in [3.8, 4) is 0 Å². The van der Waals surface area contributed by atoms with Crippen molar-refractivity contribution in [3.63, 3.8) is 0 Å². The van der Waals surface area contributed by atoms with Gasteiger partial charge in [0.1, 0.15) is 0 Å². The fourth-order valence-electron chi connectivity index (χ4n) is 2.69. The number of nitrogens with zero attached hydrogens (tertiary/aromatic N) is 1. The number of amides is 1. The van der Waals surface area contributed by atoms with Gasteiger partial charge in [-0.1, -0.05) is 6.07 Å². The number of rotatable bonds is 6. The molecule has 0 bridgehead atoms. The molecule has 8 heteroatoms. The zero-order valence-corrected chi connectivity index (χ0v) is 15.1. The molecular weight excluding hydrogens is 359 g/mol. The van der Waals surface area contributed by atoms with E-state index < -0.39 is 11.6 Å². The van der Waals surface area contributed by atoms with E-state index >= 15 is 0 Å². The molecule has 0 radical (unpaired) electrons. The molecule has 1 fully saturated rings. The van der Waals surface area contributed by atoms with Gasteiger partial charge < -0.3 is 11.1 Å². The molecule has 0 aliphatic carbocycles. The zero-order valence-electron chi connectivity index (χ0n) is 13.5. The van der Waals surface area contributed by atoms with Crippen molar-refractivity contribution in [1.29, 1.82) is 0 Å². The largest absolute Gasteiger partial charge is 0.353 e. The molecular formula is C16H25Cl2F2N3O. The molecule has 1 amide bonds. The molecule has 138 valence electrons. The molecule has 0 atom stereocenters.